The van der Waals surface area contributed by atoms with Crippen molar-refractivity contribution in [2.45, 2.75) is 18.4 Å². The number of aromatic carboxylic acids is 1. The molecular formula is C20H18BF3N2O6. The van der Waals surface area contributed by atoms with Gasteiger partial charge in [0.15, 0.2) is 17.4 Å². The fourth-order valence-corrected chi connectivity index (χ4v) is 3.50. The first-order valence-electron chi connectivity index (χ1n) is 9.25. The summed E-state index contributed by atoms with van der Waals surface area (Å²) in [5.74, 6) is -8.02. The molecule has 2 aromatic carbocycles. The summed E-state index contributed by atoms with van der Waals surface area (Å²) in [6.07, 6.45) is 0.391. The van der Waals surface area contributed by atoms with Crippen molar-refractivity contribution in [3.05, 3.63) is 70.7 Å². The smallest absolute Gasteiger partial charge is 0.534 e. The number of phenols is 1. The van der Waals surface area contributed by atoms with Crippen LogP contribution in [0.5, 0.6) is 11.5 Å². The van der Waals surface area contributed by atoms with Crippen molar-refractivity contribution < 1.29 is 42.3 Å². The van der Waals surface area contributed by atoms with Crippen LogP contribution in [0.4, 0.5) is 13.2 Å². The first kappa shape index (κ1) is 23.0. The lowest BCUT2D eigenvalue weighted by atomic mass is 9.71. The van der Waals surface area contributed by atoms with E-state index in [1.807, 2.05) is 0 Å². The minimum absolute atomic E-state index is 0.0561. The lowest BCUT2D eigenvalue weighted by Crippen LogP contribution is -2.53. The standard InChI is InChI=1S/C20H18BF3N2O6/c1-9(17(25-8-27)12-7-13(22)18(28)16(24)15(12)23)26-14-6-10-4-3-5-11(20(29)30)19(10)32-21(14)31-2/h3-5,7-8,14,17,26,28H,1,6H2,2H3,(H,25,27)(H,29,30). The summed E-state index contributed by atoms with van der Waals surface area (Å²) in [7, 11) is 0.317. The zero-order valence-electron chi connectivity index (χ0n) is 16.7. The Morgan fingerprint density at radius 2 is 2.09 bits per heavy atom. The van der Waals surface area contributed by atoms with E-state index in [1.54, 1.807) is 12.1 Å². The summed E-state index contributed by atoms with van der Waals surface area (Å²) >= 11 is 0. The average Bonchev–Trinajstić information content (AvgIpc) is 2.77. The molecule has 32 heavy (non-hydrogen) atoms. The highest BCUT2D eigenvalue weighted by atomic mass is 19.2. The number of fused-ring (bicyclic) bond motifs is 1. The Labute approximate surface area is 180 Å². The molecule has 0 saturated carbocycles. The van der Waals surface area contributed by atoms with E-state index in [9.17, 15) is 33.0 Å². The lowest BCUT2D eigenvalue weighted by molar-refractivity contribution is -0.110. The number of carbonyl (C=O) groups excluding carboxylic acids is 1. The Bertz CT molecular complexity index is 1080. The number of benzene rings is 2. The fourth-order valence-electron chi connectivity index (χ4n) is 3.50. The van der Waals surface area contributed by atoms with Crippen molar-refractivity contribution in [2.75, 3.05) is 7.11 Å². The number of carboxylic acids is 1. The number of rotatable bonds is 8. The topological polar surface area (TPSA) is 117 Å². The summed E-state index contributed by atoms with van der Waals surface area (Å²) in [4.78, 5) is 22.5. The van der Waals surface area contributed by atoms with Crippen LogP contribution in [-0.2, 0) is 15.9 Å². The second kappa shape index (κ2) is 9.22. The van der Waals surface area contributed by atoms with Gasteiger partial charge in [0.05, 0.1) is 17.5 Å². The average molecular weight is 450 g/mol. The van der Waals surface area contributed by atoms with Crippen LogP contribution in [0.2, 0.25) is 0 Å². The third-order valence-corrected chi connectivity index (χ3v) is 4.99. The van der Waals surface area contributed by atoms with Crippen LogP contribution in [0, 0.1) is 17.5 Å². The maximum atomic E-state index is 14.4. The highest BCUT2D eigenvalue weighted by Crippen LogP contribution is 2.33. The molecule has 1 aliphatic rings. The normalized spacial score (nSPS) is 15.9. The maximum Gasteiger partial charge on any atom is 0.549 e. The molecule has 2 unspecified atom stereocenters. The van der Waals surface area contributed by atoms with E-state index in [4.69, 9.17) is 9.31 Å². The highest BCUT2D eigenvalue weighted by Gasteiger charge is 2.39. The molecule has 8 nitrogen and oxygen atoms in total. The third kappa shape index (κ3) is 4.21. The zero-order valence-corrected chi connectivity index (χ0v) is 16.7. The lowest BCUT2D eigenvalue weighted by Gasteiger charge is -2.33. The number of phenolic OH excluding ortho intramolecular Hbond substituents is 1. The molecule has 1 amide bonds. The number of carbonyl (C=O) groups is 2. The summed E-state index contributed by atoms with van der Waals surface area (Å²) in [5, 5.41) is 23.7. The van der Waals surface area contributed by atoms with Gasteiger partial charge in [0.1, 0.15) is 5.75 Å². The van der Waals surface area contributed by atoms with E-state index in [0.29, 0.717) is 11.6 Å². The van der Waals surface area contributed by atoms with Gasteiger partial charge >= 0.3 is 13.1 Å². The van der Waals surface area contributed by atoms with Gasteiger partial charge in [0.25, 0.3) is 0 Å². The van der Waals surface area contributed by atoms with Gasteiger partial charge in [-0.2, -0.15) is 4.39 Å². The first-order valence-corrected chi connectivity index (χ1v) is 9.25. The van der Waals surface area contributed by atoms with Gasteiger partial charge in [0, 0.05) is 18.4 Å². The van der Waals surface area contributed by atoms with Crippen LogP contribution in [0.1, 0.15) is 27.5 Å². The van der Waals surface area contributed by atoms with Crippen LogP contribution < -0.4 is 15.3 Å². The van der Waals surface area contributed by atoms with E-state index < -0.39 is 53.8 Å². The molecule has 3 rings (SSSR count). The van der Waals surface area contributed by atoms with Crippen molar-refractivity contribution in [2.24, 2.45) is 0 Å². The number of para-hydroxylation sites is 1. The summed E-state index contributed by atoms with van der Waals surface area (Å²) in [6.45, 7) is 3.73. The molecule has 0 saturated heterocycles. The van der Waals surface area contributed by atoms with Gasteiger partial charge in [-0.25, -0.2) is 13.6 Å². The Morgan fingerprint density at radius 1 is 1.38 bits per heavy atom. The first-order chi connectivity index (χ1) is 15.2. The molecule has 12 heteroatoms. The number of carboxylic acid groups (broad SMARTS) is 1. The van der Waals surface area contributed by atoms with Gasteiger partial charge in [-0.05, 0) is 24.1 Å². The van der Waals surface area contributed by atoms with Crippen LogP contribution >= 0.6 is 0 Å². The minimum Gasteiger partial charge on any atom is -0.534 e. The molecule has 168 valence electrons. The number of hydrogen-bond acceptors (Lipinski definition) is 6. The van der Waals surface area contributed by atoms with Crippen molar-refractivity contribution in [1.82, 2.24) is 10.6 Å². The predicted octanol–water partition coefficient (Wildman–Crippen LogP) is 2.08. The number of halogens is 3. The zero-order chi connectivity index (χ0) is 23.6. The fraction of sp³-hybridized carbons (Fsp3) is 0.200. The summed E-state index contributed by atoms with van der Waals surface area (Å²) in [6, 6.07) is 3.69. The van der Waals surface area contributed by atoms with Gasteiger partial charge in [-0.15, -0.1) is 0 Å². The molecule has 2 aromatic rings. The second-order valence-electron chi connectivity index (χ2n) is 6.94. The van der Waals surface area contributed by atoms with Gasteiger partial charge in [-0.1, -0.05) is 18.7 Å². The van der Waals surface area contributed by atoms with E-state index in [-0.39, 0.29) is 29.8 Å². The summed E-state index contributed by atoms with van der Waals surface area (Å²) in [5.41, 5.74) is -0.189. The van der Waals surface area contributed by atoms with Gasteiger partial charge < -0.3 is 30.2 Å². The Morgan fingerprint density at radius 3 is 2.72 bits per heavy atom. The SMILES string of the molecule is C=C(NC1Cc2cccc(C(=O)O)c2OB1OC)C(NC=O)c1cc(F)c(O)c(F)c1F. The molecular weight excluding hydrogens is 432 g/mol. The minimum atomic E-state index is -1.81. The van der Waals surface area contributed by atoms with Gasteiger partial charge in [-0.3, -0.25) is 4.79 Å². The molecule has 0 fully saturated rings. The van der Waals surface area contributed by atoms with Crippen LogP contribution in [0.25, 0.3) is 0 Å². The van der Waals surface area contributed by atoms with Crippen LogP contribution in [0.3, 0.4) is 0 Å². The third-order valence-electron chi connectivity index (χ3n) is 4.99. The molecule has 2 atom stereocenters. The molecule has 1 aliphatic heterocycles. The Balaban J connectivity index is 1.91. The van der Waals surface area contributed by atoms with Crippen LogP contribution in [0.15, 0.2) is 36.5 Å². The van der Waals surface area contributed by atoms with E-state index >= 15 is 0 Å². The summed E-state index contributed by atoms with van der Waals surface area (Å²) < 4.78 is 53.0. The van der Waals surface area contributed by atoms with Crippen LogP contribution in [-0.4, -0.2) is 42.8 Å². The largest absolute Gasteiger partial charge is 0.549 e. The molecule has 0 radical (unpaired) electrons. The predicted molar refractivity (Wildman–Crippen MR) is 106 cm³/mol. The Kier molecular flexibility index (Phi) is 6.63. The van der Waals surface area contributed by atoms with E-state index in [0.717, 1.165) is 0 Å². The number of hydrogen-bond donors (Lipinski definition) is 4. The monoisotopic (exact) mass is 450 g/mol. The van der Waals surface area contributed by atoms with Crippen molar-refractivity contribution in [3.63, 3.8) is 0 Å². The molecule has 0 spiro atoms. The number of nitrogens with one attached hydrogen (secondary N) is 2. The molecule has 0 aromatic heterocycles. The molecule has 4 N–H and O–H groups in total. The highest BCUT2D eigenvalue weighted by molar-refractivity contribution is 6.48. The molecule has 0 bridgehead atoms. The molecule has 1 heterocycles. The van der Waals surface area contributed by atoms with Crippen molar-refractivity contribution in [3.8, 4) is 11.5 Å². The van der Waals surface area contributed by atoms with E-state index in [1.165, 1.54) is 13.2 Å². The quantitative estimate of drug-likeness (QED) is 0.277. The van der Waals surface area contributed by atoms with Crippen molar-refractivity contribution in [1.29, 1.82) is 0 Å². The number of aromatic hydroxyl groups is 1. The molecule has 0 aliphatic carbocycles. The maximum absolute atomic E-state index is 14.4. The van der Waals surface area contributed by atoms with E-state index in [2.05, 4.69) is 17.2 Å². The van der Waals surface area contributed by atoms with Gasteiger partial charge in [0.2, 0.25) is 12.2 Å². The second-order valence-corrected chi connectivity index (χ2v) is 6.94. The number of amides is 1. The van der Waals surface area contributed by atoms with Crippen molar-refractivity contribution >= 4 is 19.5 Å². The Hall–Kier alpha value is -3.67.